The Morgan fingerprint density at radius 1 is 1.21 bits per heavy atom. The van der Waals surface area contributed by atoms with Gasteiger partial charge >= 0.3 is 6.03 Å². The maximum absolute atomic E-state index is 11.8. The molecule has 6 heteroatoms. The Hall–Kier alpha value is -1.14. The minimum absolute atomic E-state index is 0.197. The fraction of sp³-hybridized carbons (Fsp3) is 0.846. The number of nitrogens with one attached hydrogen (secondary N) is 3. The smallest absolute Gasteiger partial charge is 0.321 e. The Bertz CT molecular complexity index is 356. The number of rotatable bonds is 3. The van der Waals surface area contributed by atoms with E-state index in [1.165, 1.54) is 12.8 Å². The molecule has 0 aromatic carbocycles. The van der Waals surface area contributed by atoms with Crippen molar-refractivity contribution in [2.24, 2.45) is 5.92 Å². The number of fused-ring (bicyclic) bond motifs is 1. The Labute approximate surface area is 113 Å². The van der Waals surface area contributed by atoms with Crippen LogP contribution in [0.4, 0.5) is 4.79 Å². The standard InChI is InChI=1S/C13H22N4O2/c18-12(16-13(19)15-10-3-4-10)8-17-6-9-2-1-5-14-11(9)7-17/h9-11,14H,1-8H2,(H2,15,16,18,19)/t9-,11+/m0/s1. The predicted molar refractivity (Wildman–Crippen MR) is 70.7 cm³/mol. The zero-order chi connectivity index (χ0) is 13.2. The molecule has 3 rings (SSSR count). The van der Waals surface area contributed by atoms with Gasteiger partial charge in [-0.2, -0.15) is 0 Å². The molecular weight excluding hydrogens is 244 g/mol. The summed E-state index contributed by atoms with van der Waals surface area (Å²) in [7, 11) is 0. The normalized spacial score (nSPS) is 30.7. The number of likely N-dealkylation sites (tertiary alicyclic amines) is 1. The zero-order valence-corrected chi connectivity index (χ0v) is 11.2. The molecule has 106 valence electrons. The number of carbonyl (C=O) groups is 2. The molecule has 3 aliphatic rings. The molecule has 6 nitrogen and oxygen atoms in total. The highest BCUT2D eigenvalue weighted by Crippen LogP contribution is 2.24. The summed E-state index contributed by atoms with van der Waals surface area (Å²) in [6, 6.07) is 0.468. The second-order valence-corrected chi connectivity index (χ2v) is 5.95. The Morgan fingerprint density at radius 2 is 2.05 bits per heavy atom. The van der Waals surface area contributed by atoms with Crippen LogP contribution in [-0.4, -0.2) is 55.1 Å². The van der Waals surface area contributed by atoms with Crippen molar-refractivity contribution in [2.45, 2.75) is 37.8 Å². The first-order valence-corrected chi connectivity index (χ1v) is 7.27. The SMILES string of the molecule is O=C(CN1C[C@@H]2CCCN[C@@H]2C1)NC(=O)NC1CC1. The first-order chi connectivity index (χ1) is 9.20. The second-order valence-electron chi connectivity index (χ2n) is 5.95. The fourth-order valence-electron chi connectivity index (χ4n) is 3.08. The highest BCUT2D eigenvalue weighted by atomic mass is 16.2. The first-order valence-electron chi connectivity index (χ1n) is 7.27. The lowest BCUT2D eigenvalue weighted by Crippen LogP contribution is -2.45. The summed E-state index contributed by atoms with van der Waals surface area (Å²) >= 11 is 0. The molecule has 2 heterocycles. The third-order valence-corrected chi connectivity index (χ3v) is 4.21. The lowest BCUT2D eigenvalue weighted by atomic mass is 9.94. The van der Waals surface area contributed by atoms with Gasteiger partial charge in [0.2, 0.25) is 5.91 Å². The average molecular weight is 266 g/mol. The summed E-state index contributed by atoms with van der Waals surface area (Å²) in [5, 5.41) is 8.67. The van der Waals surface area contributed by atoms with Crippen LogP contribution in [0, 0.1) is 5.92 Å². The fourth-order valence-corrected chi connectivity index (χ4v) is 3.08. The molecule has 2 aliphatic heterocycles. The monoisotopic (exact) mass is 266 g/mol. The third kappa shape index (κ3) is 3.45. The number of hydrogen-bond donors (Lipinski definition) is 3. The quantitative estimate of drug-likeness (QED) is 0.653. The van der Waals surface area contributed by atoms with Crippen LogP contribution in [0.15, 0.2) is 0 Å². The molecular formula is C13H22N4O2. The van der Waals surface area contributed by atoms with Crippen LogP contribution in [-0.2, 0) is 4.79 Å². The highest BCUT2D eigenvalue weighted by Gasteiger charge is 2.35. The van der Waals surface area contributed by atoms with Gasteiger partial charge in [0.15, 0.2) is 0 Å². The summed E-state index contributed by atoms with van der Waals surface area (Å²) in [5.41, 5.74) is 0. The minimum Gasteiger partial charge on any atom is -0.335 e. The molecule has 1 saturated carbocycles. The number of carbonyl (C=O) groups excluding carboxylic acids is 2. The summed E-state index contributed by atoms with van der Waals surface area (Å²) in [6.45, 7) is 3.30. The number of nitrogens with zero attached hydrogens (tertiary/aromatic N) is 1. The summed E-state index contributed by atoms with van der Waals surface area (Å²) < 4.78 is 0. The van der Waals surface area contributed by atoms with E-state index in [-0.39, 0.29) is 18.0 Å². The second kappa shape index (κ2) is 5.46. The zero-order valence-electron chi connectivity index (χ0n) is 11.2. The van der Waals surface area contributed by atoms with Gasteiger partial charge in [-0.3, -0.25) is 15.0 Å². The summed E-state index contributed by atoms with van der Waals surface area (Å²) in [4.78, 5) is 25.4. The highest BCUT2D eigenvalue weighted by molar-refractivity contribution is 5.95. The van der Waals surface area contributed by atoms with Crippen LogP contribution in [0.25, 0.3) is 0 Å². The van der Waals surface area contributed by atoms with E-state index in [0.29, 0.717) is 18.5 Å². The topological polar surface area (TPSA) is 73.5 Å². The number of amides is 3. The van der Waals surface area contributed by atoms with E-state index in [4.69, 9.17) is 0 Å². The maximum atomic E-state index is 11.8. The number of hydrogen-bond acceptors (Lipinski definition) is 4. The molecule has 1 aliphatic carbocycles. The van der Waals surface area contributed by atoms with Gasteiger partial charge in [-0.15, -0.1) is 0 Å². The molecule has 0 spiro atoms. The minimum atomic E-state index is -0.345. The van der Waals surface area contributed by atoms with Crippen molar-refractivity contribution in [2.75, 3.05) is 26.2 Å². The van der Waals surface area contributed by atoms with Crippen molar-refractivity contribution < 1.29 is 9.59 Å². The van der Waals surface area contributed by atoms with Gasteiger partial charge in [-0.05, 0) is 38.1 Å². The van der Waals surface area contributed by atoms with Crippen LogP contribution in [0.2, 0.25) is 0 Å². The molecule has 0 aromatic rings. The largest absolute Gasteiger partial charge is 0.335 e. The molecule has 0 bridgehead atoms. The van der Waals surface area contributed by atoms with Crippen LogP contribution in [0.1, 0.15) is 25.7 Å². The first kappa shape index (κ1) is 12.9. The van der Waals surface area contributed by atoms with Crippen molar-refractivity contribution in [1.82, 2.24) is 20.9 Å². The lowest BCUT2D eigenvalue weighted by Gasteiger charge is -2.24. The number of imide groups is 1. The Balaban J connectivity index is 1.40. The van der Waals surface area contributed by atoms with E-state index >= 15 is 0 Å². The molecule has 3 amide bonds. The van der Waals surface area contributed by atoms with Crippen molar-refractivity contribution in [1.29, 1.82) is 0 Å². The molecule has 2 atom stereocenters. The molecule has 0 radical (unpaired) electrons. The van der Waals surface area contributed by atoms with E-state index < -0.39 is 0 Å². The molecule has 0 aromatic heterocycles. The van der Waals surface area contributed by atoms with Crippen LogP contribution < -0.4 is 16.0 Å². The van der Waals surface area contributed by atoms with Crippen molar-refractivity contribution in [3.8, 4) is 0 Å². The van der Waals surface area contributed by atoms with E-state index in [9.17, 15) is 9.59 Å². The van der Waals surface area contributed by atoms with Gasteiger partial charge < -0.3 is 10.6 Å². The van der Waals surface area contributed by atoms with E-state index in [2.05, 4.69) is 20.9 Å². The van der Waals surface area contributed by atoms with Gasteiger partial charge in [0, 0.05) is 25.2 Å². The Kier molecular flexibility index (Phi) is 3.70. The number of piperidine rings is 1. The molecule has 0 unspecified atom stereocenters. The van der Waals surface area contributed by atoms with E-state index in [0.717, 1.165) is 32.5 Å². The Morgan fingerprint density at radius 3 is 2.79 bits per heavy atom. The van der Waals surface area contributed by atoms with Crippen LogP contribution >= 0.6 is 0 Å². The van der Waals surface area contributed by atoms with Crippen molar-refractivity contribution in [3.05, 3.63) is 0 Å². The van der Waals surface area contributed by atoms with Crippen molar-refractivity contribution in [3.63, 3.8) is 0 Å². The maximum Gasteiger partial charge on any atom is 0.321 e. The molecule has 3 N–H and O–H groups in total. The average Bonchev–Trinajstić information content (AvgIpc) is 3.06. The summed E-state index contributed by atoms with van der Waals surface area (Å²) in [6.07, 6.45) is 4.54. The van der Waals surface area contributed by atoms with Gasteiger partial charge in [0.1, 0.15) is 0 Å². The van der Waals surface area contributed by atoms with E-state index in [1.807, 2.05) is 0 Å². The van der Waals surface area contributed by atoms with Crippen LogP contribution in [0.5, 0.6) is 0 Å². The molecule has 3 fully saturated rings. The van der Waals surface area contributed by atoms with Gasteiger partial charge in [-0.1, -0.05) is 0 Å². The van der Waals surface area contributed by atoms with Gasteiger partial charge in [0.05, 0.1) is 6.54 Å². The lowest BCUT2D eigenvalue weighted by molar-refractivity contribution is -0.120. The van der Waals surface area contributed by atoms with Gasteiger partial charge in [-0.25, -0.2) is 4.79 Å². The van der Waals surface area contributed by atoms with Crippen molar-refractivity contribution >= 4 is 11.9 Å². The van der Waals surface area contributed by atoms with Crippen LogP contribution in [0.3, 0.4) is 0 Å². The predicted octanol–water partition coefficient (Wildman–Crippen LogP) is -0.342. The van der Waals surface area contributed by atoms with Gasteiger partial charge in [0.25, 0.3) is 0 Å². The number of urea groups is 1. The molecule has 2 saturated heterocycles. The third-order valence-electron chi connectivity index (χ3n) is 4.21. The molecule has 19 heavy (non-hydrogen) atoms. The van der Waals surface area contributed by atoms with E-state index in [1.54, 1.807) is 0 Å². The summed E-state index contributed by atoms with van der Waals surface area (Å²) in [5.74, 6) is 0.471.